The number of unbranched alkanes of at least 4 members (excludes halogenated alkanes) is 1. The summed E-state index contributed by atoms with van der Waals surface area (Å²) in [7, 11) is 3.91. The molecule has 5 heteroatoms. The van der Waals surface area contributed by atoms with Gasteiger partial charge < -0.3 is 15.5 Å². The number of hydrogen-bond acceptors (Lipinski definition) is 2. The maximum Gasteiger partial charge on any atom is 0.191 e. The zero-order valence-corrected chi connectivity index (χ0v) is 14.2. The van der Waals surface area contributed by atoms with Crippen molar-refractivity contribution in [1.82, 2.24) is 15.5 Å². The van der Waals surface area contributed by atoms with E-state index in [0.717, 1.165) is 37.5 Å². The number of rotatable bonds is 8. The molecule has 1 aromatic carbocycles. The molecule has 0 aliphatic heterocycles. The van der Waals surface area contributed by atoms with Crippen LogP contribution in [0, 0.1) is 5.82 Å². The standard InChI is InChI=1S/C17H29FN4/c1-14(2)22(4)12-6-5-11-20-17(19-3)21-13-15-7-9-16(18)10-8-15/h7-10,14H,5-6,11-13H2,1-4H3,(H2,19,20,21). The first kappa shape index (κ1) is 18.4. The highest BCUT2D eigenvalue weighted by Crippen LogP contribution is 2.02. The Kier molecular flexibility index (Phi) is 8.51. The average Bonchev–Trinajstić information content (AvgIpc) is 2.51. The lowest BCUT2D eigenvalue weighted by atomic mass is 10.2. The maximum absolute atomic E-state index is 12.8. The van der Waals surface area contributed by atoms with Gasteiger partial charge in [0.15, 0.2) is 5.96 Å². The van der Waals surface area contributed by atoms with Crippen molar-refractivity contribution in [1.29, 1.82) is 0 Å². The highest BCUT2D eigenvalue weighted by atomic mass is 19.1. The number of aliphatic imine (C=N–C) groups is 1. The Balaban J connectivity index is 2.19. The van der Waals surface area contributed by atoms with Crippen LogP contribution in [0.2, 0.25) is 0 Å². The van der Waals surface area contributed by atoms with Crippen LogP contribution in [0.3, 0.4) is 0 Å². The van der Waals surface area contributed by atoms with Crippen LogP contribution in [0.15, 0.2) is 29.3 Å². The van der Waals surface area contributed by atoms with Gasteiger partial charge in [0.1, 0.15) is 5.82 Å². The molecule has 124 valence electrons. The van der Waals surface area contributed by atoms with E-state index in [0.29, 0.717) is 12.6 Å². The third kappa shape index (κ3) is 7.41. The summed E-state index contributed by atoms with van der Waals surface area (Å²) >= 11 is 0. The Bertz CT molecular complexity index is 442. The SMILES string of the molecule is CN=C(NCCCCN(C)C(C)C)NCc1ccc(F)cc1. The van der Waals surface area contributed by atoms with Crippen LogP contribution in [0.5, 0.6) is 0 Å². The Hall–Kier alpha value is -1.62. The topological polar surface area (TPSA) is 39.7 Å². The van der Waals surface area contributed by atoms with Crippen molar-refractivity contribution in [2.75, 3.05) is 27.2 Å². The molecule has 0 saturated carbocycles. The summed E-state index contributed by atoms with van der Waals surface area (Å²) < 4.78 is 12.8. The molecule has 0 fully saturated rings. The van der Waals surface area contributed by atoms with Crippen molar-refractivity contribution in [2.45, 2.75) is 39.3 Å². The van der Waals surface area contributed by atoms with E-state index in [9.17, 15) is 4.39 Å². The predicted molar refractivity (Wildman–Crippen MR) is 91.6 cm³/mol. The van der Waals surface area contributed by atoms with E-state index in [4.69, 9.17) is 0 Å². The number of guanidine groups is 1. The quantitative estimate of drug-likeness (QED) is 0.440. The van der Waals surface area contributed by atoms with E-state index in [1.807, 2.05) is 0 Å². The lowest BCUT2D eigenvalue weighted by Crippen LogP contribution is -2.37. The molecule has 0 atom stereocenters. The minimum Gasteiger partial charge on any atom is -0.356 e. The zero-order chi connectivity index (χ0) is 16.4. The first-order chi connectivity index (χ1) is 10.5. The number of halogens is 1. The fourth-order valence-electron chi connectivity index (χ4n) is 1.96. The number of nitrogens with one attached hydrogen (secondary N) is 2. The number of benzene rings is 1. The van der Waals surface area contributed by atoms with E-state index >= 15 is 0 Å². The summed E-state index contributed by atoms with van der Waals surface area (Å²) in [5, 5.41) is 6.53. The molecule has 0 saturated heterocycles. The second-order valence-electron chi connectivity index (χ2n) is 5.76. The van der Waals surface area contributed by atoms with Gasteiger partial charge in [0.2, 0.25) is 0 Å². The fourth-order valence-corrected chi connectivity index (χ4v) is 1.96. The van der Waals surface area contributed by atoms with E-state index in [-0.39, 0.29) is 5.82 Å². The van der Waals surface area contributed by atoms with E-state index in [1.165, 1.54) is 12.1 Å². The molecule has 0 spiro atoms. The van der Waals surface area contributed by atoms with Crippen LogP contribution in [-0.4, -0.2) is 44.1 Å². The fraction of sp³-hybridized carbons (Fsp3) is 0.588. The number of hydrogen-bond donors (Lipinski definition) is 2. The monoisotopic (exact) mass is 308 g/mol. The summed E-state index contributed by atoms with van der Waals surface area (Å²) in [6.45, 7) is 7.06. The summed E-state index contributed by atoms with van der Waals surface area (Å²) in [5.74, 6) is 0.569. The summed E-state index contributed by atoms with van der Waals surface area (Å²) in [4.78, 5) is 6.54. The minimum absolute atomic E-state index is 0.211. The predicted octanol–water partition coefficient (Wildman–Crippen LogP) is 2.61. The van der Waals surface area contributed by atoms with Crippen LogP contribution < -0.4 is 10.6 Å². The van der Waals surface area contributed by atoms with E-state index in [1.54, 1.807) is 19.2 Å². The van der Waals surface area contributed by atoms with Gasteiger partial charge >= 0.3 is 0 Å². The molecule has 0 radical (unpaired) electrons. The Morgan fingerprint density at radius 1 is 1.18 bits per heavy atom. The largest absolute Gasteiger partial charge is 0.356 e. The molecule has 0 bridgehead atoms. The van der Waals surface area contributed by atoms with Crippen LogP contribution in [-0.2, 0) is 6.54 Å². The molecule has 0 aromatic heterocycles. The Labute approximate surface area is 133 Å². The van der Waals surface area contributed by atoms with Gasteiger partial charge in [-0.2, -0.15) is 0 Å². The molecular weight excluding hydrogens is 279 g/mol. The molecule has 0 amide bonds. The maximum atomic E-state index is 12.8. The molecule has 4 nitrogen and oxygen atoms in total. The summed E-state index contributed by atoms with van der Waals surface area (Å²) in [6.07, 6.45) is 2.27. The first-order valence-corrected chi connectivity index (χ1v) is 7.92. The lowest BCUT2D eigenvalue weighted by molar-refractivity contribution is 0.268. The van der Waals surface area contributed by atoms with Gasteiger partial charge in [-0.1, -0.05) is 12.1 Å². The van der Waals surface area contributed by atoms with E-state index < -0.39 is 0 Å². The van der Waals surface area contributed by atoms with Gasteiger partial charge in [-0.15, -0.1) is 0 Å². The van der Waals surface area contributed by atoms with Crippen molar-refractivity contribution in [3.05, 3.63) is 35.6 Å². The minimum atomic E-state index is -0.211. The molecule has 0 aliphatic rings. The molecule has 0 aliphatic carbocycles. The van der Waals surface area contributed by atoms with Crippen LogP contribution >= 0.6 is 0 Å². The van der Waals surface area contributed by atoms with Crippen molar-refractivity contribution in [3.8, 4) is 0 Å². The first-order valence-electron chi connectivity index (χ1n) is 7.92. The Morgan fingerprint density at radius 3 is 2.45 bits per heavy atom. The molecule has 22 heavy (non-hydrogen) atoms. The highest BCUT2D eigenvalue weighted by Gasteiger charge is 2.02. The van der Waals surface area contributed by atoms with Crippen molar-refractivity contribution >= 4 is 5.96 Å². The van der Waals surface area contributed by atoms with Crippen LogP contribution in [0.25, 0.3) is 0 Å². The van der Waals surface area contributed by atoms with E-state index in [2.05, 4.69) is 41.4 Å². The highest BCUT2D eigenvalue weighted by molar-refractivity contribution is 5.79. The van der Waals surface area contributed by atoms with Crippen molar-refractivity contribution < 1.29 is 4.39 Å². The van der Waals surface area contributed by atoms with Crippen LogP contribution in [0.4, 0.5) is 4.39 Å². The molecule has 0 unspecified atom stereocenters. The summed E-state index contributed by atoms with van der Waals surface area (Å²) in [6, 6.07) is 7.09. The third-order valence-electron chi connectivity index (χ3n) is 3.71. The molecule has 0 heterocycles. The molecule has 2 N–H and O–H groups in total. The van der Waals surface area contributed by atoms with Crippen molar-refractivity contribution in [3.63, 3.8) is 0 Å². The van der Waals surface area contributed by atoms with Gasteiger partial charge in [0.05, 0.1) is 0 Å². The number of nitrogens with zero attached hydrogens (tertiary/aromatic N) is 2. The van der Waals surface area contributed by atoms with Crippen molar-refractivity contribution in [2.24, 2.45) is 4.99 Å². The second-order valence-corrected chi connectivity index (χ2v) is 5.76. The lowest BCUT2D eigenvalue weighted by Gasteiger charge is -2.20. The van der Waals surface area contributed by atoms with Gasteiger partial charge in [0, 0.05) is 26.2 Å². The molecule has 1 aromatic rings. The summed E-state index contributed by atoms with van der Waals surface area (Å²) in [5.41, 5.74) is 1.03. The third-order valence-corrected chi connectivity index (χ3v) is 3.71. The van der Waals surface area contributed by atoms with Gasteiger partial charge in [-0.3, -0.25) is 4.99 Å². The van der Waals surface area contributed by atoms with Crippen LogP contribution in [0.1, 0.15) is 32.3 Å². The van der Waals surface area contributed by atoms with Gasteiger partial charge in [-0.25, -0.2) is 4.39 Å². The normalized spacial score (nSPS) is 12.0. The molecular formula is C17H29FN4. The van der Waals surface area contributed by atoms with Gasteiger partial charge in [0.25, 0.3) is 0 Å². The smallest absolute Gasteiger partial charge is 0.191 e. The average molecular weight is 308 g/mol. The Morgan fingerprint density at radius 2 is 1.86 bits per heavy atom. The zero-order valence-electron chi connectivity index (χ0n) is 14.2. The van der Waals surface area contributed by atoms with Gasteiger partial charge in [-0.05, 0) is 58.0 Å². The molecule has 1 rings (SSSR count). The second kappa shape index (κ2) is 10.2.